The van der Waals surface area contributed by atoms with Crippen molar-refractivity contribution in [3.8, 4) is 22.3 Å². The van der Waals surface area contributed by atoms with E-state index in [2.05, 4.69) is 284 Å². The van der Waals surface area contributed by atoms with Crippen LogP contribution in [0, 0.1) is 0 Å². The second-order valence-electron chi connectivity index (χ2n) is 23.8. The van der Waals surface area contributed by atoms with Crippen LogP contribution in [0.5, 0.6) is 0 Å². The zero-order valence-corrected chi connectivity index (χ0v) is 46.9. The van der Waals surface area contributed by atoms with Crippen molar-refractivity contribution in [3.63, 3.8) is 0 Å². The number of furan rings is 2. The van der Waals surface area contributed by atoms with Gasteiger partial charge >= 0.3 is 0 Å². The van der Waals surface area contributed by atoms with Gasteiger partial charge < -0.3 is 18.6 Å². The van der Waals surface area contributed by atoms with Crippen LogP contribution in [-0.2, 0) is 23.7 Å². The molecule has 0 saturated carbocycles. The lowest BCUT2D eigenvalue weighted by atomic mass is 9.87. The van der Waals surface area contributed by atoms with Crippen molar-refractivity contribution in [1.82, 2.24) is 0 Å². The van der Waals surface area contributed by atoms with E-state index in [1.807, 2.05) is 0 Å². The van der Waals surface area contributed by atoms with Crippen molar-refractivity contribution < 1.29 is 8.83 Å². The minimum Gasteiger partial charge on any atom is -0.453 e. The topological polar surface area (TPSA) is 32.8 Å². The van der Waals surface area contributed by atoms with Crippen molar-refractivity contribution >= 4 is 110 Å². The zero-order valence-electron chi connectivity index (χ0n) is 46.9. The normalized spacial score (nSPS) is 12.3. The number of aryl methyl sites for hydroxylation is 2. The molecule has 0 radical (unpaired) electrons. The van der Waals surface area contributed by atoms with Crippen LogP contribution in [-0.4, -0.2) is 0 Å². The van der Waals surface area contributed by atoms with Crippen LogP contribution in [0.25, 0.3) is 98.4 Å². The first-order valence-corrected chi connectivity index (χ1v) is 28.4. The largest absolute Gasteiger partial charge is 0.453 e. The molecule has 12 aromatic carbocycles. The number of nitrogens with zero attached hydrogens (tertiary/aromatic N) is 2. The molecule has 0 aliphatic rings. The summed E-state index contributed by atoms with van der Waals surface area (Å²) in [6.45, 7) is 18.1. The van der Waals surface area contributed by atoms with Gasteiger partial charge in [-0.3, -0.25) is 0 Å². The van der Waals surface area contributed by atoms with Crippen LogP contribution in [0.4, 0.5) is 34.1 Å². The summed E-state index contributed by atoms with van der Waals surface area (Å²) in [5.41, 5.74) is 19.5. The van der Waals surface area contributed by atoms with Crippen LogP contribution >= 0.6 is 0 Å². The molecule has 4 heteroatoms. The molecule has 0 bridgehead atoms. The number of rotatable bonds is 10. The van der Waals surface area contributed by atoms with E-state index in [1.54, 1.807) is 0 Å². The molecule has 4 nitrogen and oxygen atoms in total. The van der Waals surface area contributed by atoms with Crippen LogP contribution in [0.3, 0.4) is 0 Å². The Hall–Kier alpha value is -9.12. The standard InChI is InChI=1S/C76H64N2O2/c1-9-47-19-11-13-21-55(47)57-23-15-25-59-61-27-17-29-67(73(61)79-71(57)59)77(53-39-35-51(36-40-53)75(3,4)5)65-45-33-49-32-44-64-66(46-34-50-31-43-63(65)69(49)70(50)64)78(54-41-37-52(38-42-54)76(6,7)8)68-30-18-28-62-60-26-16-24-58(72(60)80-74(62)68)56-22-14-12-20-48(56)10-2/h11-46H,9-10H2,1-8H3. The van der Waals surface area contributed by atoms with Gasteiger partial charge in [0.1, 0.15) is 11.2 Å². The highest BCUT2D eigenvalue weighted by molar-refractivity contribution is 6.29. The first kappa shape index (κ1) is 49.2. The van der Waals surface area contributed by atoms with Gasteiger partial charge in [-0.2, -0.15) is 0 Å². The van der Waals surface area contributed by atoms with Crippen molar-refractivity contribution in [2.24, 2.45) is 0 Å². The molecule has 0 fully saturated rings. The van der Waals surface area contributed by atoms with Gasteiger partial charge in [0.25, 0.3) is 0 Å². The van der Waals surface area contributed by atoms with Gasteiger partial charge in [-0.15, -0.1) is 0 Å². The Morgan fingerprint density at radius 3 is 1.04 bits per heavy atom. The lowest BCUT2D eigenvalue weighted by Crippen LogP contribution is -2.14. The van der Waals surface area contributed by atoms with Gasteiger partial charge in [0.2, 0.25) is 0 Å². The number of fused-ring (bicyclic) bond motifs is 6. The average Bonchev–Trinajstić information content (AvgIpc) is 4.15. The third kappa shape index (κ3) is 7.87. The van der Waals surface area contributed by atoms with Crippen molar-refractivity contribution in [2.45, 2.75) is 79.1 Å². The van der Waals surface area contributed by atoms with E-state index in [1.165, 1.54) is 54.9 Å². The summed E-state index contributed by atoms with van der Waals surface area (Å²) >= 11 is 0. The Bertz CT molecular complexity index is 4390. The molecule has 2 aromatic heterocycles. The van der Waals surface area contributed by atoms with Crippen LogP contribution < -0.4 is 9.80 Å². The summed E-state index contributed by atoms with van der Waals surface area (Å²) in [7, 11) is 0. The van der Waals surface area contributed by atoms with E-state index in [0.29, 0.717) is 0 Å². The molecule has 0 unspecified atom stereocenters. The second-order valence-corrected chi connectivity index (χ2v) is 23.8. The molecule has 0 aliphatic heterocycles. The molecule has 0 amide bonds. The third-order valence-electron chi connectivity index (χ3n) is 16.9. The molecule has 0 N–H and O–H groups in total. The van der Waals surface area contributed by atoms with Crippen LogP contribution in [0.1, 0.15) is 77.6 Å². The number of para-hydroxylation sites is 4. The van der Waals surface area contributed by atoms with Crippen molar-refractivity contribution in [1.29, 1.82) is 0 Å². The minimum absolute atomic E-state index is 0.0136. The molecular weight excluding hydrogens is 973 g/mol. The first-order chi connectivity index (χ1) is 38.9. The Balaban J connectivity index is 1.01. The highest BCUT2D eigenvalue weighted by Crippen LogP contribution is 2.52. The average molecular weight is 1040 g/mol. The van der Waals surface area contributed by atoms with Gasteiger partial charge in [-0.25, -0.2) is 0 Å². The lowest BCUT2D eigenvalue weighted by molar-refractivity contribution is 0.590. The Morgan fingerprint density at radius 2 is 0.650 bits per heavy atom. The van der Waals surface area contributed by atoms with Gasteiger partial charge in [0, 0.05) is 54.8 Å². The predicted octanol–water partition coefficient (Wildman–Crippen LogP) is 22.4. The Labute approximate surface area is 468 Å². The minimum atomic E-state index is -0.0136. The smallest absolute Gasteiger partial charge is 0.159 e. The molecule has 14 aromatic rings. The van der Waals surface area contributed by atoms with Crippen molar-refractivity contribution in [3.05, 3.63) is 241 Å². The van der Waals surface area contributed by atoms with Crippen LogP contribution in [0.2, 0.25) is 0 Å². The summed E-state index contributed by atoms with van der Waals surface area (Å²) in [6.07, 6.45) is 1.87. The van der Waals surface area contributed by atoms with Crippen molar-refractivity contribution in [2.75, 3.05) is 9.80 Å². The van der Waals surface area contributed by atoms with Gasteiger partial charge in [0.05, 0.1) is 22.7 Å². The Morgan fingerprint density at radius 1 is 0.300 bits per heavy atom. The van der Waals surface area contributed by atoms with E-state index >= 15 is 0 Å². The number of hydrogen-bond donors (Lipinski definition) is 0. The highest BCUT2D eigenvalue weighted by atomic mass is 16.3. The van der Waals surface area contributed by atoms with Gasteiger partial charge in [-0.05, 0) is 127 Å². The second kappa shape index (κ2) is 18.8. The van der Waals surface area contributed by atoms with E-state index in [9.17, 15) is 0 Å². The molecule has 14 rings (SSSR count). The molecule has 0 aliphatic carbocycles. The van der Waals surface area contributed by atoms with E-state index in [4.69, 9.17) is 8.83 Å². The fourth-order valence-electron chi connectivity index (χ4n) is 12.8. The zero-order chi connectivity index (χ0) is 54.6. The summed E-state index contributed by atoms with van der Waals surface area (Å²) in [5.74, 6) is 0. The third-order valence-corrected chi connectivity index (χ3v) is 16.9. The van der Waals surface area contributed by atoms with Crippen LogP contribution in [0.15, 0.2) is 227 Å². The highest BCUT2D eigenvalue weighted by Gasteiger charge is 2.28. The Kier molecular flexibility index (Phi) is 11.5. The molecule has 390 valence electrons. The SMILES string of the molecule is CCc1ccccc1-c1cccc2c1oc1c(N(c3ccc(C(C)(C)C)cc3)c3ccc4ccc5c(N(c6ccc(C(C)(C)C)cc6)c6cccc7c6oc6c(-c8ccccc8CC)cccc67)ccc6ccc3c4c65)cccc12. The predicted molar refractivity (Wildman–Crippen MR) is 341 cm³/mol. The number of benzene rings is 12. The molecule has 0 spiro atoms. The molecule has 80 heavy (non-hydrogen) atoms. The molecular formula is C76H64N2O2. The summed E-state index contributed by atoms with van der Waals surface area (Å²) in [6, 6.07) is 80.7. The van der Waals surface area contributed by atoms with E-state index < -0.39 is 0 Å². The number of anilines is 6. The molecule has 2 heterocycles. The molecule has 0 atom stereocenters. The summed E-state index contributed by atoms with van der Waals surface area (Å²) in [4.78, 5) is 4.87. The lowest BCUT2D eigenvalue weighted by Gasteiger charge is -2.30. The number of hydrogen-bond acceptors (Lipinski definition) is 4. The maximum absolute atomic E-state index is 7.28. The van der Waals surface area contributed by atoms with Gasteiger partial charge in [0.15, 0.2) is 11.2 Å². The monoisotopic (exact) mass is 1040 g/mol. The molecule has 0 saturated heterocycles. The van der Waals surface area contributed by atoms with Gasteiger partial charge in [-0.1, -0.05) is 225 Å². The fraction of sp³-hybridized carbons (Fsp3) is 0.158. The maximum Gasteiger partial charge on any atom is 0.159 e. The maximum atomic E-state index is 7.28. The van der Waals surface area contributed by atoms with E-state index in [-0.39, 0.29) is 10.8 Å². The summed E-state index contributed by atoms with van der Waals surface area (Å²) in [5, 5.41) is 11.5. The fourth-order valence-corrected chi connectivity index (χ4v) is 12.8. The quantitative estimate of drug-likeness (QED) is 0.128. The van der Waals surface area contributed by atoms with E-state index in [0.717, 1.165) is 113 Å². The summed E-state index contributed by atoms with van der Waals surface area (Å²) < 4.78 is 14.6. The first-order valence-electron chi connectivity index (χ1n) is 28.4.